The fraction of sp³-hybridized carbons (Fsp3) is 0.400. The zero-order chi connectivity index (χ0) is 18.9. The molecule has 0 spiro atoms. The van der Waals surface area contributed by atoms with Gasteiger partial charge >= 0.3 is 0 Å². The highest BCUT2D eigenvalue weighted by Gasteiger charge is 2.36. The second-order valence-electron chi connectivity index (χ2n) is 6.80. The Labute approximate surface area is 161 Å². The molecule has 6 heteroatoms. The predicted molar refractivity (Wildman–Crippen MR) is 107 cm³/mol. The van der Waals surface area contributed by atoms with Crippen LogP contribution < -0.4 is 4.31 Å². The van der Waals surface area contributed by atoms with Crippen molar-refractivity contribution in [3.63, 3.8) is 0 Å². The number of nitrogens with zero attached hydrogens (tertiary/aromatic N) is 2. The van der Waals surface area contributed by atoms with E-state index in [4.69, 9.17) is 11.6 Å². The van der Waals surface area contributed by atoms with E-state index in [1.165, 1.54) is 4.31 Å². The summed E-state index contributed by atoms with van der Waals surface area (Å²) in [5.74, 6) is 0. The van der Waals surface area contributed by atoms with Gasteiger partial charge < -0.3 is 0 Å². The fourth-order valence-electron chi connectivity index (χ4n) is 3.62. The van der Waals surface area contributed by atoms with Crippen LogP contribution in [0.1, 0.15) is 43.4 Å². The van der Waals surface area contributed by atoms with Crippen molar-refractivity contribution in [1.82, 2.24) is 4.90 Å². The molecule has 2 aromatic carbocycles. The van der Waals surface area contributed by atoms with Crippen molar-refractivity contribution in [3.05, 3.63) is 58.6 Å². The Balaban J connectivity index is 2.21. The Hall–Kier alpha value is -1.56. The zero-order valence-electron chi connectivity index (χ0n) is 15.4. The Bertz CT molecular complexity index is 898. The third kappa shape index (κ3) is 3.36. The van der Waals surface area contributed by atoms with Crippen molar-refractivity contribution in [2.24, 2.45) is 0 Å². The summed E-state index contributed by atoms with van der Waals surface area (Å²) in [6.45, 7) is 3.08. The lowest BCUT2D eigenvalue weighted by Gasteiger charge is -2.29. The van der Waals surface area contributed by atoms with Crippen molar-refractivity contribution in [2.75, 3.05) is 24.9 Å². The molecule has 3 rings (SSSR count). The van der Waals surface area contributed by atoms with Crippen LogP contribution in [0.2, 0.25) is 5.02 Å². The van der Waals surface area contributed by atoms with Gasteiger partial charge in [-0.1, -0.05) is 55.6 Å². The summed E-state index contributed by atoms with van der Waals surface area (Å²) in [5.41, 5.74) is 2.50. The van der Waals surface area contributed by atoms with E-state index >= 15 is 0 Å². The van der Waals surface area contributed by atoms with Gasteiger partial charge in [0.15, 0.2) is 0 Å². The number of fused-ring (bicyclic) bond motifs is 2. The molecule has 140 valence electrons. The van der Waals surface area contributed by atoms with E-state index in [2.05, 4.69) is 18.9 Å². The van der Waals surface area contributed by atoms with Crippen molar-refractivity contribution in [1.29, 1.82) is 0 Å². The molecule has 1 aliphatic heterocycles. The van der Waals surface area contributed by atoms with E-state index in [0.29, 0.717) is 10.7 Å². The van der Waals surface area contributed by atoms with E-state index in [1.54, 1.807) is 19.2 Å². The number of benzene rings is 2. The number of hydrogen-bond acceptors (Lipinski definition) is 3. The molecule has 26 heavy (non-hydrogen) atoms. The largest absolute Gasteiger partial charge is 0.295 e. The molecule has 0 fully saturated rings. The maximum atomic E-state index is 13.2. The highest BCUT2D eigenvalue weighted by molar-refractivity contribution is 7.92. The highest BCUT2D eigenvalue weighted by Crippen LogP contribution is 2.43. The van der Waals surface area contributed by atoms with Crippen LogP contribution in [-0.2, 0) is 10.0 Å². The number of para-hydroxylation sites is 1. The van der Waals surface area contributed by atoms with E-state index in [1.807, 2.05) is 30.3 Å². The van der Waals surface area contributed by atoms with Gasteiger partial charge in [-0.3, -0.25) is 9.21 Å². The molecular weight excluding hydrogens is 368 g/mol. The Morgan fingerprint density at radius 2 is 1.85 bits per heavy atom. The third-order valence-corrected chi connectivity index (χ3v) is 7.10. The van der Waals surface area contributed by atoms with Crippen LogP contribution in [0.4, 0.5) is 5.69 Å². The minimum absolute atomic E-state index is 0.130. The van der Waals surface area contributed by atoms with Crippen LogP contribution >= 0.6 is 11.6 Å². The molecule has 0 N–H and O–H groups in total. The zero-order valence-corrected chi connectivity index (χ0v) is 17.0. The molecule has 1 aliphatic rings. The minimum atomic E-state index is -3.66. The summed E-state index contributed by atoms with van der Waals surface area (Å²) < 4.78 is 27.8. The molecule has 0 aromatic heterocycles. The summed E-state index contributed by atoms with van der Waals surface area (Å²) in [4.78, 5) is 2.53. The summed E-state index contributed by atoms with van der Waals surface area (Å²) in [7, 11) is 0.00986. The van der Waals surface area contributed by atoms with Gasteiger partial charge in [0, 0.05) is 12.1 Å². The van der Waals surface area contributed by atoms with Crippen LogP contribution in [0.3, 0.4) is 0 Å². The highest BCUT2D eigenvalue weighted by atomic mass is 35.5. The van der Waals surface area contributed by atoms with Crippen LogP contribution in [0.15, 0.2) is 47.4 Å². The lowest BCUT2D eigenvalue weighted by atomic mass is 9.95. The van der Waals surface area contributed by atoms with E-state index < -0.39 is 10.0 Å². The van der Waals surface area contributed by atoms with Crippen LogP contribution in [0.5, 0.6) is 0 Å². The first-order chi connectivity index (χ1) is 12.4. The second-order valence-corrected chi connectivity index (χ2v) is 9.18. The van der Waals surface area contributed by atoms with Crippen molar-refractivity contribution >= 4 is 27.3 Å². The molecule has 0 bridgehead atoms. The van der Waals surface area contributed by atoms with Crippen molar-refractivity contribution in [3.8, 4) is 0 Å². The maximum absolute atomic E-state index is 13.2. The summed E-state index contributed by atoms with van der Waals surface area (Å²) >= 11 is 6.15. The minimum Gasteiger partial charge on any atom is -0.295 e. The number of sulfonamides is 1. The van der Waals surface area contributed by atoms with Crippen molar-refractivity contribution < 1.29 is 8.42 Å². The first kappa shape index (κ1) is 19.2. The fourth-order valence-corrected chi connectivity index (χ4v) is 5.33. The van der Waals surface area contributed by atoms with Gasteiger partial charge in [0.2, 0.25) is 0 Å². The number of halogens is 1. The number of rotatable bonds is 5. The van der Waals surface area contributed by atoms with Gasteiger partial charge in [-0.2, -0.15) is 0 Å². The molecule has 2 aromatic rings. The smallest absolute Gasteiger partial charge is 0.264 e. The van der Waals surface area contributed by atoms with Gasteiger partial charge in [0.05, 0.1) is 16.6 Å². The molecule has 0 aliphatic carbocycles. The number of unbranched alkanes of at least 4 members (excludes halogenated alkanes) is 2. The van der Waals surface area contributed by atoms with Gasteiger partial charge in [-0.15, -0.1) is 0 Å². The molecule has 0 saturated carbocycles. The van der Waals surface area contributed by atoms with Gasteiger partial charge in [-0.25, -0.2) is 8.42 Å². The standard InChI is InChI=1S/C20H25ClN2O2S/c1-4-5-8-13-22(2)20-16-9-6-7-10-18(16)23(3)26(24,25)19-14-15(21)11-12-17(19)20/h6-7,9-12,14,20H,4-5,8,13H2,1-3H3. The Kier molecular flexibility index (Phi) is 5.61. The van der Waals surface area contributed by atoms with Crippen LogP contribution in [-0.4, -0.2) is 34.0 Å². The lowest BCUT2D eigenvalue weighted by molar-refractivity contribution is 0.271. The van der Waals surface area contributed by atoms with Gasteiger partial charge in [-0.05, 0) is 49.3 Å². The second kappa shape index (κ2) is 7.59. The topological polar surface area (TPSA) is 40.6 Å². The maximum Gasteiger partial charge on any atom is 0.264 e. The molecular formula is C20H25ClN2O2S. The molecule has 1 atom stereocenters. The van der Waals surface area contributed by atoms with E-state index in [0.717, 1.165) is 36.9 Å². The van der Waals surface area contributed by atoms with Gasteiger partial charge in [0.1, 0.15) is 0 Å². The monoisotopic (exact) mass is 392 g/mol. The summed E-state index contributed by atoms with van der Waals surface area (Å²) in [6, 6.07) is 12.8. The average molecular weight is 393 g/mol. The quantitative estimate of drug-likeness (QED) is 0.693. The van der Waals surface area contributed by atoms with Crippen LogP contribution in [0.25, 0.3) is 0 Å². The Morgan fingerprint density at radius 3 is 2.58 bits per heavy atom. The van der Waals surface area contributed by atoms with Crippen LogP contribution in [0, 0.1) is 0 Å². The normalized spacial score (nSPS) is 18.3. The van der Waals surface area contributed by atoms with E-state index in [9.17, 15) is 8.42 Å². The molecule has 1 heterocycles. The summed E-state index contributed by atoms with van der Waals surface area (Å²) in [5, 5.41) is 0.430. The van der Waals surface area contributed by atoms with Gasteiger partial charge in [0.25, 0.3) is 10.0 Å². The molecule has 0 saturated heterocycles. The lowest BCUT2D eigenvalue weighted by Crippen LogP contribution is -2.27. The number of anilines is 1. The SMILES string of the molecule is CCCCCN(C)C1c2ccccc2N(C)S(=O)(=O)c2cc(Cl)ccc21. The Morgan fingerprint density at radius 1 is 1.12 bits per heavy atom. The van der Waals surface area contributed by atoms with E-state index in [-0.39, 0.29) is 10.9 Å². The third-order valence-electron chi connectivity index (χ3n) is 5.03. The average Bonchev–Trinajstić information content (AvgIpc) is 2.69. The first-order valence-electron chi connectivity index (χ1n) is 8.95. The molecule has 0 amide bonds. The molecule has 0 radical (unpaired) electrons. The number of hydrogen-bond donors (Lipinski definition) is 0. The molecule has 4 nitrogen and oxygen atoms in total. The molecule has 1 unspecified atom stereocenters. The summed E-state index contributed by atoms with van der Waals surface area (Å²) in [6.07, 6.45) is 3.39. The first-order valence-corrected chi connectivity index (χ1v) is 10.8. The van der Waals surface area contributed by atoms with Crippen molar-refractivity contribution in [2.45, 2.75) is 37.1 Å². The predicted octanol–water partition coefficient (Wildman–Crippen LogP) is 4.69.